The Kier molecular flexibility index (Phi) is 3.41. The Morgan fingerprint density at radius 3 is 3.11 bits per heavy atom. The van der Waals surface area contributed by atoms with E-state index in [0.717, 1.165) is 36.5 Å². The minimum atomic E-state index is 0.129. The molecule has 1 aromatic heterocycles. The quantitative estimate of drug-likeness (QED) is 0.808. The zero-order valence-electron chi connectivity index (χ0n) is 10.7. The molecule has 0 aliphatic carbocycles. The lowest BCUT2D eigenvalue weighted by atomic mass is 10.0. The first kappa shape index (κ1) is 12.1. The first-order valence-electron chi connectivity index (χ1n) is 6.58. The van der Waals surface area contributed by atoms with Crippen LogP contribution in [-0.4, -0.2) is 33.4 Å². The van der Waals surface area contributed by atoms with Crippen molar-refractivity contribution in [2.75, 3.05) is 13.2 Å². The first-order valence-corrected chi connectivity index (χ1v) is 6.58. The summed E-state index contributed by atoms with van der Waals surface area (Å²) in [5, 5.41) is 12.0. The van der Waals surface area contributed by atoms with Crippen LogP contribution in [0.1, 0.15) is 30.1 Å². The summed E-state index contributed by atoms with van der Waals surface area (Å²) in [4.78, 5) is 0. The lowest BCUT2D eigenvalue weighted by Crippen LogP contribution is -2.13. The van der Waals surface area contributed by atoms with Gasteiger partial charge in [-0.25, -0.2) is 4.68 Å². The van der Waals surface area contributed by atoms with E-state index in [-0.39, 0.29) is 5.92 Å². The van der Waals surface area contributed by atoms with Gasteiger partial charge in [-0.15, -0.1) is 5.10 Å². The maximum Gasteiger partial charge on any atom is 0.162 e. The van der Waals surface area contributed by atoms with E-state index in [1.165, 1.54) is 0 Å². The summed E-state index contributed by atoms with van der Waals surface area (Å²) in [5.74, 6) is 1.94. The van der Waals surface area contributed by atoms with Crippen LogP contribution < -0.4 is 10.5 Å². The Morgan fingerprint density at radius 1 is 1.32 bits per heavy atom. The third-order valence-corrected chi connectivity index (χ3v) is 3.40. The Labute approximate surface area is 111 Å². The van der Waals surface area contributed by atoms with E-state index in [0.29, 0.717) is 13.2 Å². The summed E-state index contributed by atoms with van der Waals surface area (Å²) >= 11 is 0. The van der Waals surface area contributed by atoms with Crippen molar-refractivity contribution >= 4 is 0 Å². The maximum absolute atomic E-state index is 5.69. The molecule has 0 bridgehead atoms. The molecule has 0 saturated carbocycles. The summed E-state index contributed by atoms with van der Waals surface area (Å²) < 4.78 is 7.55. The highest BCUT2D eigenvalue weighted by atomic mass is 16.5. The molecule has 2 heterocycles. The highest BCUT2D eigenvalue weighted by molar-refractivity contribution is 5.42. The number of ether oxygens (including phenoxy) is 1. The molecular formula is C13H17N5O. The molecule has 1 aliphatic heterocycles. The standard InChI is InChI=1S/C13H17N5O/c14-7-3-4-8-18-13(15-16-17-18)11-9-19-12-6-2-1-5-10(11)12/h1-2,5-6,11H,3-4,7-9,14H2. The Hall–Kier alpha value is -1.95. The molecule has 1 unspecified atom stereocenters. The third kappa shape index (κ3) is 2.31. The lowest BCUT2D eigenvalue weighted by molar-refractivity contribution is 0.335. The minimum Gasteiger partial charge on any atom is -0.492 e. The largest absolute Gasteiger partial charge is 0.492 e. The number of unbranched alkanes of at least 4 members (excludes halogenated alkanes) is 1. The monoisotopic (exact) mass is 259 g/mol. The van der Waals surface area contributed by atoms with Gasteiger partial charge in [-0.05, 0) is 35.9 Å². The summed E-state index contributed by atoms with van der Waals surface area (Å²) in [5.41, 5.74) is 6.67. The van der Waals surface area contributed by atoms with E-state index in [2.05, 4.69) is 21.6 Å². The molecule has 19 heavy (non-hydrogen) atoms. The van der Waals surface area contributed by atoms with Crippen LogP contribution in [0.5, 0.6) is 5.75 Å². The molecule has 6 heteroatoms. The second kappa shape index (κ2) is 5.36. The van der Waals surface area contributed by atoms with Gasteiger partial charge in [-0.2, -0.15) is 0 Å². The lowest BCUT2D eigenvalue weighted by Gasteiger charge is -2.09. The van der Waals surface area contributed by atoms with Crippen molar-refractivity contribution in [1.29, 1.82) is 0 Å². The number of aromatic nitrogens is 4. The summed E-state index contributed by atoms with van der Waals surface area (Å²) in [6.07, 6.45) is 1.97. The van der Waals surface area contributed by atoms with E-state index in [4.69, 9.17) is 10.5 Å². The van der Waals surface area contributed by atoms with Gasteiger partial charge in [0.25, 0.3) is 0 Å². The molecule has 1 aliphatic rings. The SMILES string of the molecule is NCCCCn1nnnc1C1COc2ccccc21. The molecule has 3 rings (SSSR count). The van der Waals surface area contributed by atoms with Gasteiger partial charge >= 0.3 is 0 Å². The number of nitrogens with zero attached hydrogens (tertiary/aromatic N) is 4. The van der Waals surface area contributed by atoms with Crippen molar-refractivity contribution in [2.24, 2.45) is 5.73 Å². The van der Waals surface area contributed by atoms with Crippen molar-refractivity contribution in [2.45, 2.75) is 25.3 Å². The fraction of sp³-hybridized carbons (Fsp3) is 0.462. The van der Waals surface area contributed by atoms with Crippen LogP contribution in [0.25, 0.3) is 0 Å². The van der Waals surface area contributed by atoms with Crippen molar-refractivity contribution in [1.82, 2.24) is 20.2 Å². The van der Waals surface area contributed by atoms with E-state index in [1.807, 2.05) is 22.9 Å². The molecule has 1 aromatic carbocycles. The first-order chi connectivity index (χ1) is 9.40. The number of hydrogen-bond acceptors (Lipinski definition) is 5. The average Bonchev–Trinajstić information content (AvgIpc) is 3.04. The van der Waals surface area contributed by atoms with Gasteiger partial charge in [-0.1, -0.05) is 18.2 Å². The number of para-hydroxylation sites is 1. The minimum absolute atomic E-state index is 0.129. The summed E-state index contributed by atoms with van der Waals surface area (Å²) in [6, 6.07) is 8.05. The van der Waals surface area contributed by atoms with Gasteiger partial charge in [0.15, 0.2) is 5.82 Å². The number of hydrogen-bond donors (Lipinski definition) is 1. The van der Waals surface area contributed by atoms with Gasteiger partial charge in [0.05, 0.1) is 5.92 Å². The zero-order valence-corrected chi connectivity index (χ0v) is 10.7. The van der Waals surface area contributed by atoms with Crippen molar-refractivity contribution in [3.63, 3.8) is 0 Å². The number of aryl methyl sites for hydroxylation is 1. The van der Waals surface area contributed by atoms with E-state index >= 15 is 0 Å². The summed E-state index contributed by atoms with van der Waals surface area (Å²) in [6.45, 7) is 2.11. The van der Waals surface area contributed by atoms with Gasteiger partial charge < -0.3 is 10.5 Å². The zero-order chi connectivity index (χ0) is 13.1. The molecular weight excluding hydrogens is 242 g/mol. The highest BCUT2D eigenvalue weighted by Crippen LogP contribution is 2.36. The molecule has 2 aromatic rings. The normalized spacial score (nSPS) is 17.2. The van der Waals surface area contributed by atoms with Crippen LogP contribution >= 0.6 is 0 Å². The molecule has 0 spiro atoms. The number of rotatable bonds is 5. The fourth-order valence-corrected chi connectivity index (χ4v) is 2.40. The molecule has 0 fully saturated rings. The smallest absolute Gasteiger partial charge is 0.162 e. The van der Waals surface area contributed by atoms with Crippen LogP contribution in [0.15, 0.2) is 24.3 Å². The van der Waals surface area contributed by atoms with E-state index < -0.39 is 0 Å². The van der Waals surface area contributed by atoms with Crippen LogP contribution in [0.2, 0.25) is 0 Å². The van der Waals surface area contributed by atoms with Crippen molar-refractivity contribution in [3.05, 3.63) is 35.7 Å². The van der Waals surface area contributed by atoms with Crippen LogP contribution in [0, 0.1) is 0 Å². The van der Waals surface area contributed by atoms with Crippen molar-refractivity contribution < 1.29 is 4.74 Å². The van der Waals surface area contributed by atoms with Gasteiger partial charge in [-0.3, -0.25) is 0 Å². The topological polar surface area (TPSA) is 78.9 Å². The Morgan fingerprint density at radius 2 is 2.21 bits per heavy atom. The highest BCUT2D eigenvalue weighted by Gasteiger charge is 2.29. The predicted molar refractivity (Wildman–Crippen MR) is 69.9 cm³/mol. The molecule has 0 radical (unpaired) electrons. The summed E-state index contributed by atoms with van der Waals surface area (Å²) in [7, 11) is 0. The Bertz CT molecular complexity index is 553. The maximum atomic E-state index is 5.69. The second-order valence-corrected chi connectivity index (χ2v) is 4.66. The molecule has 1 atom stereocenters. The van der Waals surface area contributed by atoms with Crippen LogP contribution in [0.3, 0.4) is 0 Å². The molecule has 0 saturated heterocycles. The van der Waals surface area contributed by atoms with Gasteiger partial charge in [0.2, 0.25) is 0 Å². The molecule has 100 valence electrons. The Balaban J connectivity index is 1.82. The van der Waals surface area contributed by atoms with Crippen LogP contribution in [0.4, 0.5) is 0 Å². The van der Waals surface area contributed by atoms with E-state index in [1.54, 1.807) is 0 Å². The number of nitrogens with two attached hydrogens (primary N) is 1. The number of benzene rings is 1. The molecule has 6 nitrogen and oxygen atoms in total. The number of fused-ring (bicyclic) bond motifs is 1. The fourth-order valence-electron chi connectivity index (χ4n) is 2.40. The number of tetrazole rings is 1. The average molecular weight is 259 g/mol. The second-order valence-electron chi connectivity index (χ2n) is 4.66. The predicted octanol–water partition coefficient (Wildman–Crippen LogP) is 0.936. The molecule has 0 amide bonds. The van der Waals surface area contributed by atoms with Crippen LogP contribution in [-0.2, 0) is 6.54 Å². The third-order valence-electron chi connectivity index (χ3n) is 3.40. The van der Waals surface area contributed by atoms with Gasteiger partial charge in [0.1, 0.15) is 12.4 Å². The molecule has 2 N–H and O–H groups in total. The van der Waals surface area contributed by atoms with E-state index in [9.17, 15) is 0 Å². The van der Waals surface area contributed by atoms with Gasteiger partial charge in [0, 0.05) is 12.1 Å². The van der Waals surface area contributed by atoms with Crippen molar-refractivity contribution in [3.8, 4) is 5.75 Å².